The Bertz CT molecular complexity index is 773. The molecule has 25 heavy (non-hydrogen) atoms. The third-order valence-corrected chi connectivity index (χ3v) is 3.36. The molecule has 9 heteroatoms. The molecule has 0 atom stereocenters. The van der Waals surface area contributed by atoms with Crippen LogP contribution in [0.3, 0.4) is 0 Å². The van der Waals surface area contributed by atoms with E-state index >= 15 is 0 Å². The zero-order valence-electron chi connectivity index (χ0n) is 12.5. The molecule has 0 bridgehead atoms. The van der Waals surface area contributed by atoms with Crippen LogP contribution in [0.5, 0.6) is 5.75 Å². The van der Waals surface area contributed by atoms with Crippen LogP contribution in [-0.4, -0.2) is 18.0 Å². The summed E-state index contributed by atoms with van der Waals surface area (Å²) >= 11 is 11.7. The molecule has 2 aromatic rings. The van der Waals surface area contributed by atoms with Crippen LogP contribution in [0.15, 0.2) is 42.5 Å². The number of alkyl halides is 3. The van der Waals surface area contributed by atoms with Crippen molar-refractivity contribution in [3.8, 4) is 5.75 Å². The predicted molar refractivity (Wildman–Crippen MR) is 89.7 cm³/mol. The van der Waals surface area contributed by atoms with Gasteiger partial charge in [0, 0.05) is 21.4 Å². The second kappa shape index (κ2) is 7.76. The molecule has 0 spiro atoms. The molecule has 0 radical (unpaired) electrons. The van der Waals surface area contributed by atoms with Gasteiger partial charge in [0.15, 0.2) is 0 Å². The van der Waals surface area contributed by atoms with E-state index in [4.69, 9.17) is 28.6 Å². The maximum atomic E-state index is 12.1. The van der Waals surface area contributed by atoms with Gasteiger partial charge in [0.2, 0.25) is 5.91 Å². The second-order valence-corrected chi connectivity index (χ2v) is 5.81. The number of carbonyl (C=O) groups is 1. The van der Waals surface area contributed by atoms with Crippen LogP contribution in [0.25, 0.3) is 0 Å². The lowest BCUT2D eigenvalue weighted by Gasteiger charge is -2.10. The van der Waals surface area contributed by atoms with Crippen LogP contribution in [0, 0.1) is 5.41 Å². The Balaban J connectivity index is 1.96. The summed E-state index contributed by atoms with van der Waals surface area (Å²) in [6.07, 6.45) is -5.03. The smallest absolute Gasteiger partial charge is 0.406 e. The summed E-state index contributed by atoms with van der Waals surface area (Å²) in [5.41, 5.74) is 0.678. The zero-order chi connectivity index (χ0) is 18.6. The average Bonchev–Trinajstić information content (AvgIpc) is 2.46. The molecule has 0 saturated carbocycles. The molecule has 0 fully saturated rings. The van der Waals surface area contributed by atoms with E-state index in [9.17, 15) is 18.0 Å². The summed E-state index contributed by atoms with van der Waals surface area (Å²) in [6, 6.07) is 9.19. The van der Waals surface area contributed by atoms with E-state index in [-0.39, 0.29) is 17.8 Å². The second-order valence-electron chi connectivity index (χ2n) is 4.93. The largest absolute Gasteiger partial charge is 0.573 e. The van der Waals surface area contributed by atoms with Crippen molar-refractivity contribution in [2.45, 2.75) is 12.8 Å². The van der Waals surface area contributed by atoms with Crippen LogP contribution in [0.2, 0.25) is 10.0 Å². The van der Waals surface area contributed by atoms with Crippen molar-refractivity contribution in [3.63, 3.8) is 0 Å². The maximum Gasteiger partial charge on any atom is 0.573 e. The van der Waals surface area contributed by atoms with E-state index in [0.717, 1.165) is 12.1 Å². The Morgan fingerprint density at radius 2 is 1.64 bits per heavy atom. The first-order valence-corrected chi connectivity index (χ1v) is 7.57. The minimum Gasteiger partial charge on any atom is -0.406 e. The van der Waals surface area contributed by atoms with Gasteiger partial charge in [0.05, 0.1) is 6.42 Å². The van der Waals surface area contributed by atoms with Crippen molar-refractivity contribution >= 4 is 40.5 Å². The van der Waals surface area contributed by atoms with Crippen molar-refractivity contribution < 1.29 is 22.7 Å². The first kappa shape index (κ1) is 19.1. The fourth-order valence-corrected chi connectivity index (χ4v) is 2.46. The molecular weight excluding hydrogens is 380 g/mol. The number of benzene rings is 2. The highest BCUT2D eigenvalue weighted by Gasteiger charge is 2.30. The summed E-state index contributed by atoms with van der Waals surface area (Å²) in [5.74, 6) is -0.905. The lowest BCUT2D eigenvalue weighted by atomic mass is 10.1. The lowest BCUT2D eigenvalue weighted by Crippen LogP contribution is -2.18. The molecule has 0 heterocycles. The number of rotatable bonds is 5. The van der Waals surface area contributed by atoms with Crippen LogP contribution >= 0.6 is 23.2 Å². The Morgan fingerprint density at radius 3 is 2.16 bits per heavy atom. The lowest BCUT2D eigenvalue weighted by molar-refractivity contribution is -0.274. The SMILES string of the molecule is N=C(CC(=O)Nc1ccc(OC(F)(F)F)cc1)c1cc(Cl)cc(Cl)c1. The van der Waals surface area contributed by atoms with Crippen LogP contribution in [0.4, 0.5) is 18.9 Å². The summed E-state index contributed by atoms with van der Waals surface area (Å²) in [5, 5.41) is 11.1. The third kappa shape index (κ3) is 6.28. The summed E-state index contributed by atoms with van der Waals surface area (Å²) in [7, 11) is 0. The number of hydrogen-bond acceptors (Lipinski definition) is 3. The number of halogens is 5. The first-order chi connectivity index (χ1) is 11.6. The van der Waals surface area contributed by atoms with Gasteiger partial charge in [-0.3, -0.25) is 4.79 Å². The van der Waals surface area contributed by atoms with E-state index in [1.165, 1.54) is 30.3 Å². The Kier molecular flexibility index (Phi) is 5.92. The molecule has 0 saturated heterocycles. The highest BCUT2D eigenvalue weighted by molar-refractivity contribution is 6.35. The van der Waals surface area contributed by atoms with Crippen LogP contribution < -0.4 is 10.1 Å². The van der Waals surface area contributed by atoms with E-state index in [2.05, 4.69) is 10.1 Å². The summed E-state index contributed by atoms with van der Waals surface area (Å²) in [6.45, 7) is 0. The van der Waals surface area contributed by atoms with Gasteiger partial charge in [-0.25, -0.2) is 0 Å². The van der Waals surface area contributed by atoms with Crippen molar-refractivity contribution in [2.75, 3.05) is 5.32 Å². The predicted octanol–water partition coefficient (Wildman–Crippen LogP) is 5.29. The van der Waals surface area contributed by atoms with E-state index < -0.39 is 18.0 Å². The van der Waals surface area contributed by atoms with Crippen molar-refractivity contribution in [3.05, 3.63) is 58.1 Å². The van der Waals surface area contributed by atoms with Crippen molar-refractivity contribution in [1.82, 2.24) is 0 Å². The fraction of sp³-hybridized carbons (Fsp3) is 0.125. The Labute approximate surface area is 151 Å². The molecular formula is C16H11Cl2F3N2O2. The third-order valence-electron chi connectivity index (χ3n) is 2.92. The maximum absolute atomic E-state index is 12.1. The monoisotopic (exact) mass is 390 g/mol. The van der Waals surface area contributed by atoms with Gasteiger partial charge in [-0.05, 0) is 48.0 Å². The Morgan fingerprint density at radius 1 is 1.08 bits per heavy atom. The minimum absolute atomic E-state index is 0.000995. The average molecular weight is 391 g/mol. The van der Waals surface area contributed by atoms with Gasteiger partial charge in [0.25, 0.3) is 0 Å². The topological polar surface area (TPSA) is 62.2 Å². The standard InChI is InChI=1S/C16H11Cl2F3N2O2/c17-10-5-9(6-11(18)7-10)14(22)8-15(24)23-12-1-3-13(4-2-12)25-16(19,20)21/h1-7,22H,8H2,(H,23,24). The molecule has 0 aliphatic carbocycles. The van der Waals surface area contributed by atoms with Gasteiger partial charge in [0.1, 0.15) is 5.75 Å². The van der Waals surface area contributed by atoms with Crippen LogP contribution in [-0.2, 0) is 4.79 Å². The first-order valence-electron chi connectivity index (χ1n) is 6.82. The van der Waals surface area contributed by atoms with Gasteiger partial charge in [-0.2, -0.15) is 0 Å². The quantitative estimate of drug-likeness (QED) is 0.681. The zero-order valence-corrected chi connectivity index (χ0v) is 14.0. The number of hydrogen-bond donors (Lipinski definition) is 2. The molecule has 0 aliphatic rings. The molecule has 132 valence electrons. The normalized spacial score (nSPS) is 11.1. The van der Waals surface area contributed by atoms with E-state index in [1.54, 1.807) is 0 Å². The molecule has 2 aromatic carbocycles. The molecule has 0 unspecified atom stereocenters. The number of amides is 1. The molecule has 0 aliphatic heterocycles. The van der Waals surface area contributed by atoms with Gasteiger partial charge in [-0.15, -0.1) is 13.2 Å². The van der Waals surface area contributed by atoms with E-state index in [0.29, 0.717) is 15.6 Å². The number of anilines is 1. The molecule has 2 N–H and O–H groups in total. The number of nitrogens with one attached hydrogen (secondary N) is 2. The van der Waals surface area contributed by atoms with E-state index in [1.807, 2.05) is 0 Å². The highest BCUT2D eigenvalue weighted by Crippen LogP contribution is 2.24. The summed E-state index contributed by atoms with van der Waals surface area (Å²) in [4.78, 5) is 12.0. The van der Waals surface area contributed by atoms with Gasteiger partial charge in [-0.1, -0.05) is 23.2 Å². The number of ether oxygens (including phenoxy) is 1. The summed E-state index contributed by atoms with van der Waals surface area (Å²) < 4.78 is 40.0. The van der Waals surface area contributed by atoms with Crippen molar-refractivity contribution in [2.24, 2.45) is 0 Å². The van der Waals surface area contributed by atoms with Crippen LogP contribution in [0.1, 0.15) is 12.0 Å². The number of carbonyl (C=O) groups excluding carboxylic acids is 1. The van der Waals surface area contributed by atoms with Gasteiger partial charge < -0.3 is 15.5 Å². The molecule has 2 rings (SSSR count). The molecule has 4 nitrogen and oxygen atoms in total. The van der Waals surface area contributed by atoms with Gasteiger partial charge >= 0.3 is 6.36 Å². The van der Waals surface area contributed by atoms with Crippen molar-refractivity contribution in [1.29, 1.82) is 5.41 Å². The molecule has 0 aromatic heterocycles. The highest BCUT2D eigenvalue weighted by atomic mass is 35.5. The minimum atomic E-state index is -4.78. The molecule has 1 amide bonds. The Hall–Kier alpha value is -2.25. The fourth-order valence-electron chi connectivity index (χ4n) is 1.94.